The van der Waals surface area contributed by atoms with E-state index in [4.69, 9.17) is 14.2 Å². The molecule has 1 aromatic carbocycles. The molecule has 0 unspecified atom stereocenters. The van der Waals surface area contributed by atoms with Gasteiger partial charge >= 0.3 is 5.97 Å². The number of carbonyl (C=O) groups is 2. The second kappa shape index (κ2) is 7.21. The third-order valence-corrected chi connectivity index (χ3v) is 6.74. The van der Waals surface area contributed by atoms with Gasteiger partial charge in [-0.2, -0.15) is 0 Å². The predicted octanol–water partition coefficient (Wildman–Crippen LogP) is -2.04. The van der Waals surface area contributed by atoms with Gasteiger partial charge in [0.1, 0.15) is 47.6 Å². The number of carboxylic acids is 1. The molecule has 0 radical (unpaired) electrons. The van der Waals surface area contributed by atoms with Crippen LogP contribution in [-0.2, 0) is 19.1 Å². The van der Waals surface area contributed by atoms with Gasteiger partial charge in [-0.1, -0.05) is 0 Å². The van der Waals surface area contributed by atoms with E-state index in [0.29, 0.717) is 5.56 Å². The van der Waals surface area contributed by atoms with Crippen LogP contribution in [0.25, 0.3) is 5.57 Å². The lowest BCUT2D eigenvalue weighted by Crippen LogP contribution is -2.61. The Morgan fingerprint density at radius 1 is 1.15 bits per heavy atom. The molecule has 0 amide bonds. The molecule has 2 bridgehead atoms. The van der Waals surface area contributed by atoms with E-state index in [0.717, 1.165) is 6.08 Å². The number of ketones is 1. The summed E-state index contributed by atoms with van der Waals surface area (Å²) < 4.78 is 16.8. The van der Waals surface area contributed by atoms with Crippen LogP contribution in [0.5, 0.6) is 11.5 Å². The summed E-state index contributed by atoms with van der Waals surface area (Å²) in [4.78, 5) is 24.3. The van der Waals surface area contributed by atoms with E-state index in [9.17, 15) is 45.3 Å². The van der Waals surface area contributed by atoms with Crippen molar-refractivity contribution in [2.45, 2.75) is 60.9 Å². The third-order valence-electron chi connectivity index (χ3n) is 6.74. The molecule has 5 rings (SSSR count). The minimum Gasteiger partial charge on any atom is -0.507 e. The van der Waals surface area contributed by atoms with Crippen molar-refractivity contribution >= 4 is 17.3 Å². The summed E-state index contributed by atoms with van der Waals surface area (Å²) in [6, 6.07) is 2.68. The summed E-state index contributed by atoms with van der Waals surface area (Å²) in [7, 11) is 0. The number of hydrogen-bond acceptors (Lipinski definition) is 11. The number of fused-ring (bicyclic) bond motifs is 3. The molecule has 1 spiro atoms. The molecule has 12 heteroatoms. The maximum atomic E-state index is 12.6. The number of benzene rings is 1. The van der Waals surface area contributed by atoms with Gasteiger partial charge in [-0.05, 0) is 18.2 Å². The Morgan fingerprint density at radius 3 is 2.55 bits per heavy atom. The van der Waals surface area contributed by atoms with Gasteiger partial charge in [-0.3, -0.25) is 4.79 Å². The minimum atomic E-state index is -2.42. The normalized spacial score (nSPS) is 41.6. The Labute approximate surface area is 185 Å². The molecule has 33 heavy (non-hydrogen) atoms. The second-order valence-corrected chi connectivity index (χ2v) is 8.75. The van der Waals surface area contributed by atoms with Gasteiger partial charge in [0, 0.05) is 17.6 Å². The number of rotatable bonds is 3. The van der Waals surface area contributed by atoms with Crippen LogP contribution < -0.4 is 4.74 Å². The zero-order valence-corrected chi connectivity index (χ0v) is 17.0. The van der Waals surface area contributed by atoms with Gasteiger partial charge < -0.3 is 50.0 Å². The summed E-state index contributed by atoms with van der Waals surface area (Å²) in [6.07, 6.45) is -8.89. The quantitative estimate of drug-likeness (QED) is 0.257. The van der Waals surface area contributed by atoms with E-state index in [1.54, 1.807) is 0 Å². The van der Waals surface area contributed by atoms with Crippen molar-refractivity contribution in [1.82, 2.24) is 0 Å². The zero-order valence-electron chi connectivity index (χ0n) is 17.0. The largest absolute Gasteiger partial charge is 0.507 e. The van der Waals surface area contributed by atoms with Crippen molar-refractivity contribution < 1.29 is 59.5 Å². The maximum Gasteiger partial charge on any atom is 0.333 e. The van der Waals surface area contributed by atoms with Gasteiger partial charge in [0.05, 0.1) is 18.6 Å². The van der Waals surface area contributed by atoms with E-state index in [-0.39, 0.29) is 23.3 Å². The zero-order chi connectivity index (χ0) is 23.9. The molecule has 8 atom stereocenters. The highest BCUT2D eigenvalue weighted by Crippen LogP contribution is 2.58. The number of carbonyl (C=O) groups excluding carboxylic acids is 1. The highest BCUT2D eigenvalue weighted by atomic mass is 16.7. The van der Waals surface area contributed by atoms with E-state index in [1.165, 1.54) is 12.1 Å². The first-order chi connectivity index (χ1) is 15.5. The Hall–Kier alpha value is -2.58. The topological polar surface area (TPSA) is 203 Å². The van der Waals surface area contributed by atoms with Crippen LogP contribution in [0.1, 0.15) is 30.1 Å². The van der Waals surface area contributed by atoms with Crippen LogP contribution in [0.15, 0.2) is 18.2 Å². The molecule has 0 saturated carbocycles. The summed E-state index contributed by atoms with van der Waals surface area (Å²) in [5.74, 6) is -5.14. The number of phenolic OH excluding ortho intramolecular Hbond substituents is 1. The minimum absolute atomic E-state index is 0.0475. The van der Waals surface area contributed by atoms with E-state index < -0.39 is 78.5 Å². The van der Waals surface area contributed by atoms with Crippen LogP contribution in [0, 0.1) is 0 Å². The van der Waals surface area contributed by atoms with E-state index in [1.807, 2.05) is 0 Å². The van der Waals surface area contributed by atoms with Crippen LogP contribution >= 0.6 is 0 Å². The van der Waals surface area contributed by atoms with Gasteiger partial charge in [0.15, 0.2) is 6.10 Å². The number of aromatic hydroxyl groups is 1. The molecular formula is C21H22O12. The smallest absolute Gasteiger partial charge is 0.333 e. The monoisotopic (exact) mass is 466 g/mol. The van der Waals surface area contributed by atoms with Gasteiger partial charge in [0.2, 0.25) is 11.6 Å². The fourth-order valence-corrected chi connectivity index (χ4v) is 5.12. The first-order valence-electron chi connectivity index (χ1n) is 10.3. The number of phenols is 1. The van der Waals surface area contributed by atoms with Crippen molar-refractivity contribution in [3.05, 3.63) is 29.3 Å². The molecule has 178 valence electrons. The van der Waals surface area contributed by atoms with E-state index in [2.05, 4.69) is 0 Å². The molecule has 2 fully saturated rings. The summed E-state index contributed by atoms with van der Waals surface area (Å²) in [5.41, 5.74) is -1.04. The Kier molecular flexibility index (Phi) is 4.85. The first kappa shape index (κ1) is 22.2. The standard InChI is InChI=1S/C21H22O12/c22-5-11-14(25)15(26)16(27)18(31-11)13-9(23)2-1-7-8-3-12(24)21(30)6-20(8,33-17(7)13)4-10(32-21)19(28)29/h1-3,10-11,14-16,18,22-23,25-27,30H,4-6H2,(H,28,29)/t10-,11-,14-,15+,16-,18+,20+,21+/m1/s1. The van der Waals surface area contributed by atoms with Crippen LogP contribution in [-0.4, -0.2) is 96.0 Å². The number of ether oxygens (including phenoxy) is 3. The lowest BCUT2D eigenvalue weighted by Gasteiger charge is -2.47. The lowest BCUT2D eigenvalue weighted by molar-refractivity contribution is -0.263. The number of aliphatic hydroxyl groups is 5. The lowest BCUT2D eigenvalue weighted by atomic mass is 9.72. The van der Waals surface area contributed by atoms with Crippen LogP contribution in [0.2, 0.25) is 0 Å². The average Bonchev–Trinajstić information content (AvgIpc) is 3.04. The van der Waals surface area contributed by atoms with Gasteiger partial charge in [-0.15, -0.1) is 0 Å². The first-order valence-corrected chi connectivity index (χ1v) is 10.3. The summed E-state index contributed by atoms with van der Waals surface area (Å²) in [5, 5.41) is 71.1. The van der Waals surface area contributed by atoms with Crippen LogP contribution in [0.4, 0.5) is 0 Å². The fourth-order valence-electron chi connectivity index (χ4n) is 5.12. The van der Waals surface area contributed by atoms with Crippen LogP contribution in [0.3, 0.4) is 0 Å². The molecule has 4 aliphatic rings. The van der Waals surface area contributed by atoms with Gasteiger partial charge in [0.25, 0.3) is 0 Å². The van der Waals surface area contributed by atoms with Crippen molar-refractivity contribution in [3.63, 3.8) is 0 Å². The SMILES string of the molecule is O=C(O)[C@H]1C[C@]23C[C@](O)(O1)C(=O)C=C2c1ccc(O)c([C@@H]2O[C@H](CO)[C@@H](O)[C@H](O)[C@H]2O)c1O3. The maximum absolute atomic E-state index is 12.6. The number of carboxylic acid groups (broad SMARTS) is 1. The number of aliphatic carboxylic acids is 1. The predicted molar refractivity (Wildman–Crippen MR) is 104 cm³/mol. The van der Waals surface area contributed by atoms with Crippen molar-refractivity contribution in [2.75, 3.05) is 6.61 Å². The molecule has 7 N–H and O–H groups in total. The highest BCUT2D eigenvalue weighted by Gasteiger charge is 2.63. The highest BCUT2D eigenvalue weighted by molar-refractivity contribution is 6.07. The van der Waals surface area contributed by atoms with Crippen molar-refractivity contribution in [3.8, 4) is 11.5 Å². The number of hydrogen-bond donors (Lipinski definition) is 7. The van der Waals surface area contributed by atoms with Crippen molar-refractivity contribution in [1.29, 1.82) is 0 Å². The molecule has 0 aromatic heterocycles. The molecule has 3 heterocycles. The molecule has 3 aliphatic heterocycles. The molecule has 2 saturated heterocycles. The third kappa shape index (κ3) is 3.03. The molecule has 12 nitrogen and oxygen atoms in total. The molecule has 1 aliphatic carbocycles. The Balaban J connectivity index is 1.64. The molecule has 1 aromatic rings. The van der Waals surface area contributed by atoms with E-state index >= 15 is 0 Å². The Morgan fingerprint density at radius 2 is 1.88 bits per heavy atom. The summed E-state index contributed by atoms with van der Waals surface area (Å²) >= 11 is 0. The fraction of sp³-hybridized carbons (Fsp3) is 0.524. The van der Waals surface area contributed by atoms with Crippen molar-refractivity contribution in [2.24, 2.45) is 0 Å². The average molecular weight is 466 g/mol. The number of aliphatic hydroxyl groups excluding tert-OH is 4. The Bertz CT molecular complexity index is 1070. The second-order valence-electron chi connectivity index (χ2n) is 8.75. The van der Waals surface area contributed by atoms with Gasteiger partial charge in [-0.25, -0.2) is 4.79 Å². The summed E-state index contributed by atoms with van der Waals surface area (Å²) in [6.45, 7) is -0.688. The molecular weight excluding hydrogens is 444 g/mol.